The number of imidazole rings is 1. The second-order valence-corrected chi connectivity index (χ2v) is 3.91. The zero-order chi connectivity index (χ0) is 11.3. The zero-order valence-corrected chi connectivity index (χ0v) is 10.4. The van der Waals surface area contributed by atoms with E-state index in [-0.39, 0.29) is 0 Å². The van der Waals surface area contributed by atoms with Crippen LogP contribution in [0.3, 0.4) is 0 Å². The van der Waals surface area contributed by atoms with Crippen molar-refractivity contribution in [3.05, 3.63) is 28.3 Å². The fraction of sp³-hybridized carbons (Fsp3) is 0.500. The van der Waals surface area contributed by atoms with E-state index in [0.717, 1.165) is 18.7 Å². The van der Waals surface area contributed by atoms with Gasteiger partial charge in [0.05, 0.1) is 5.69 Å². The first-order valence-corrected chi connectivity index (χ1v) is 5.61. The molecular weight excluding hydrogens is 233 g/mol. The summed E-state index contributed by atoms with van der Waals surface area (Å²) >= 11 is 11.7. The summed E-state index contributed by atoms with van der Waals surface area (Å²) in [6, 6.07) is 0. The Kier molecular flexibility index (Phi) is 5.15. The SMILES string of the molecule is C/C=C/CCNCc1c(Cl)nc(Cl)n1C. The molecule has 0 unspecified atom stereocenters. The molecule has 0 aliphatic heterocycles. The minimum Gasteiger partial charge on any atom is -0.319 e. The minimum atomic E-state index is 0.422. The van der Waals surface area contributed by atoms with E-state index in [0.29, 0.717) is 17.0 Å². The van der Waals surface area contributed by atoms with Crippen molar-refractivity contribution in [1.29, 1.82) is 0 Å². The van der Waals surface area contributed by atoms with Crippen LogP contribution in [0, 0.1) is 0 Å². The van der Waals surface area contributed by atoms with Gasteiger partial charge in [-0.2, -0.15) is 0 Å². The van der Waals surface area contributed by atoms with E-state index in [4.69, 9.17) is 23.2 Å². The maximum Gasteiger partial charge on any atom is 0.204 e. The van der Waals surface area contributed by atoms with E-state index in [1.807, 2.05) is 20.0 Å². The lowest BCUT2D eigenvalue weighted by Crippen LogP contribution is -2.16. The third-order valence-corrected chi connectivity index (χ3v) is 2.77. The highest BCUT2D eigenvalue weighted by atomic mass is 35.5. The molecule has 5 heteroatoms. The molecule has 1 aromatic rings. The fourth-order valence-corrected chi connectivity index (χ4v) is 1.72. The molecule has 0 amide bonds. The topological polar surface area (TPSA) is 29.9 Å². The Morgan fingerprint density at radius 1 is 1.47 bits per heavy atom. The first kappa shape index (κ1) is 12.6. The van der Waals surface area contributed by atoms with Crippen LogP contribution in [0.5, 0.6) is 0 Å². The molecule has 15 heavy (non-hydrogen) atoms. The van der Waals surface area contributed by atoms with Gasteiger partial charge < -0.3 is 9.88 Å². The summed E-state index contributed by atoms with van der Waals surface area (Å²) in [5.41, 5.74) is 0.919. The molecule has 0 saturated heterocycles. The predicted octanol–water partition coefficient (Wildman–Crippen LogP) is 2.78. The Balaban J connectivity index is 2.43. The fourth-order valence-electron chi connectivity index (χ4n) is 1.22. The number of nitrogens with one attached hydrogen (secondary N) is 1. The van der Waals surface area contributed by atoms with Gasteiger partial charge in [0.1, 0.15) is 0 Å². The Morgan fingerprint density at radius 2 is 2.20 bits per heavy atom. The molecule has 0 bridgehead atoms. The van der Waals surface area contributed by atoms with Gasteiger partial charge in [-0.1, -0.05) is 23.8 Å². The highest BCUT2D eigenvalue weighted by Gasteiger charge is 2.10. The summed E-state index contributed by atoms with van der Waals surface area (Å²) in [6.07, 6.45) is 5.17. The molecule has 1 heterocycles. The molecule has 0 aliphatic carbocycles. The van der Waals surface area contributed by atoms with Crippen LogP contribution < -0.4 is 5.32 Å². The van der Waals surface area contributed by atoms with Gasteiger partial charge in [-0.3, -0.25) is 0 Å². The lowest BCUT2D eigenvalue weighted by atomic mass is 10.3. The van der Waals surface area contributed by atoms with E-state index in [1.54, 1.807) is 4.57 Å². The number of halogens is 2. The molecule has 84 valence electrons. The molecule has 1 aromatic heterocycles. The Bertz CT molecular complexity index is 345. The van der Waals surface area contributed by atoms with Crippen molar-refractivity contribution >= 4 is 23.2 Å². The smallest absolute Gasteiger partial charge is 0.204 e. The lowest BCUT2D eigenvalue weighted by Gasteiger charge is -2.04. The number of nitrogens with zero attached hydrogens (tertiary/aromatic N) is 2. The van der Waals surface area contributed by atoms with Crippen molar-refractivity contribution in [2.24, 2.45) is 7.05 Å². The van der Waals surface area contributed by atoms with Gasteiger partial charge in [0.2, 0.25) is 5.28 Å². The zero-order valence-electron chi connectivity index (χ0n) is 8.93. The summed E-state index contributed by atoms with van der Waals surface area (Å²) in [5.74, 6) is 0. The quantitative estimate of drug-likeness (QED) is 0.641. The van der Waals surface area contributed by atoms with Crippen LogP contribution in [0.25, 0.3) is 0 Å². The van der Waals surface area contributed by atoms with Crippen molar-refractivity contribution in [3.8, 4) is 0 Å². The van der Waals surface area contributed by atoms with Gasteiger partial charge in [-0.05, 0) is 31.5 Å². The van der Waals surface area contributed by atoms with E-state index < -0.39 is 0 Å². The molecule has 0 fully saturated rings. The molecule has 0 spiro atoms. The number of allylic oxidation sites excluding steroid dienone is 1. The van der Waals surface area contributed by atoms with Crippen molar-refractivity contribution in [3.63, 3.8) is 0 Å². The van der Waals surface area contributed by atoms with Crippen molar-refractivity contribution < 1.29 is 0 Å². The van der Waals surface area contributed by atoms with Crippen LogP contribution in [0.15, 0.2) is 12.2 Å². The Hall–Kier alpha value is -0.510. The standard InChI is InChI=1S/C10H15Cl2N3/c1-3-4-5-6-13-7-8-9(11)14-10(12)15(8)2/h3-4,13H,5-7H2,1-2H3/b4-3+. The van der Waals surface area contributed by atoms with Crippen LogP contribution in [0.2, 0.25) is 10.4 Å². The largest absolute Gasteiger partial charge is 0.319 e. The van der Waals surface area contributed by atoms with Gasteiger partial charge in [0.15, 0.2) is 5.15 Å². The third kappa shape index (κ3) is 3.52. The molecule has 0 saturated carbocycles. The minimum absolute atomic E-state index is 0.422. The second kappa shape index (κ2) is 6.16. The average Bonchev–Trinajstić information content (AvgIpc) is 2.44. The Labute approximate surface area is 100 Å². The molecule has 3 nitrogen and oxygen atoms in total. The number of aromatic nitrogens is 2. The maximum atomic E-state index is 5.92. The molecule has 1 rings (SSSR count). The normalized spacial score (nSPS) is 11.5. The first-order valence-electron chi connectivity index (χ1n) is 4.85. The first-order chi connectivity index (χ1) is 7.16. The number of rotatable bonds is 5. The summed E-state index contributed by atoms with van der Waals surface area (Å²) in [4.78, 5) is 3.97. The van der Waals surface area contributed by atoms with Gasteiger partial charge in [0, 0.05) is 13.6 Å². The molecule has 0 atom stereocenters. The molecule has 1 N–H and O–H groups in total. The molecule has 0 radical (unpaired) electrons. The van der Waals surface area contributed by atoms with E-state index in [2.05, 4.69) is 16.4 Å². The van der Waals surface area contributed by atoms with E-state index >= 15 is 0 Å². The molecular formula is C10H15Cl2N3. The second-order valence-electron chi connectivity index (χ2n) is 3.21. The van der Waals surface area contributed by atoms with Crippen LogP contribution in [0.1, 0.15) is 19.0 Å². The summed E-state index contributed by atoms with van der Waals surface area (Å²) in [6.45, 7) is 3.62. The van der Waals surface area contributed by atoms with E-state index in [1.165, 1.54) is 0 Å². The van der Waals surface area contributed by atoms with Gasteiger partial charge in [0.25, 0.3) is 0 Å². The van der Waals surface area contributed by atoms with Crippen molar-refractivity contribution in [2.45, 2.75) is 19.9 Å². The van der Waals surface area contributed by atoms with Gasteiger partial charge >= 0.3 is 0 Å². The van der Waals surface area contributed by atoms with Crippen LogP contribution in [0.4, 0.5) is 0 Å². The summed E-state index contributed by atoms with van der Waals surface area (Å²) in [7, 11) is 1.85. The van der Waals surface area contributed by atoms with Crippen LogP contribution >= 0.6 is 23.2 Å². The summed E-state index contributed by atoms with van der Waals surface area (Å²) in [5, 5.41) is 4.17. The summed E-state index contributed by atoms with van der Waals surface area (Å²) < 4.78 is 1.78. The Morgan fingerprint density at radius 3 is 2.73 bits per heavy atom. The number of hydrogen-bond donors (Lipinski definition) is 1. The van der Waals surface area contributed by atoms with E-state index in [9.17, 15) is 0 Å². The predicted molar refractivity (Wildman–Crippen MR) is 64.4 cm³/mol. The van der Waals surface area contributed by atoms with Crippen molar-refractivity contribution in [2.75, 3.05) is 6.54 Å². The average molecular weight is 248 g/mol. The number of hydrogen-bond acceptors (Lipinski definition) is 2. The van der Waals surface area contributed by atoms with Crippen LogP contribution in [-0.4, -0.2) is 16.1 Å². The molecule has 0 aromatic carbocycles. The highest BCUT2D eigenvalue weighted by Crippen LogP contribution is 2.18. The van der Waals surface area contributed by atoms with Gasteiger partial charge in [-0.15, -0.1) is 0 Å². The van der Waals surface area contributed by atoms with Gasteiger partial charge in [-0.25, -0.2) is 4.98 Å². The third-order valence-electron chi connectivity index (χ3n) is 2.13. The maximum absolute atomic E-state index is 5.92. The highest BCUT2D eigenvalue weighted by molar-refractivity contribution is 6.32. The van der Waals surface area contributed by atoms with Crippen molar-refractivity contribution in [1.82, 2.24) is 14.9 Å². The lowest BCUT2D eigenvalue weighted by molar-refractivity contribution is 0.659. The van der Waals surface area contributed by atoms with Crippen LogP contribution in [-0.2, 0) is 13.6 Å². The molecule has 0 aliphatic rings. The monoisotopic (exact) mass is 247 g/mol.